The molecule has 7 nitrogen and oxygen atoms in total. The van der Waals surface area contributed by atoms with Crippen molar-refractivity contribution < 1.29 is 18.0 Å². The Morgan fingerprint density at radius 2 is 1.73 bits per heavy atom. The molecule has 0 heterocycles. The summed E-state index contributed by atoms with van der Waals surface area (Å²) in [5.41, 5.74) is 2.91. The van der Waals surface area contributed by atoms with Crippen LogP contribution < -0.4 is 9.62 Å². The zero-order chi connectivity index (χ0) is 24.8. The summed E-state index contributed by atoms with van der Waals surface area (Å²) in [5, 5.41) is 3.28. The number of nitrogens with one attached hydrogen (secondary N) is 1. The molecule has 0 radical (unpaired) electrons. The van der Waals surface area contributed by atoms with Gasteiger partial charge < -0.3 is 10.2 Å². The Kier molecular flexibility index (Phi) is 9.31. The van der Waals surface area contributed by atoms with Gasteiger partial charge in [-0.15, -0.1) is 0 Å². The van der Waals surface area contributed by atoms with E-state index in [1.165, 1.54) is 4.90 Å². The Balaban J connectivity index is 2.39. The van der Waals surface area contributed by atoms with Crippen molar-refractivity contribution >= 4 is 39.1 Å². The van der Waals surface area contributed by atoms with Crippen LogP contribution in [0.4, 0.5) is 5.69 Å². The fraction of sp³-hybridized carbons (Fsp3) is 0.417. The molecule has 1 unspecified atom stereocenters. The maximum Gasteiger partial charge on any atom is 0.244 e. The molecule has 0 aliphatic carbocycles. The number of amides is 2. The smallest absolute Gasteiger partial charge is 0.244 e. The minimum atomic E-state index is -3.78. The number of aryl methyl sites for hydroxylation is 2. The third-order valence-corrected chi connectivity index (χ3v) is 6.66. The van der Waals surface area contributed by atoms with E-state index in [0.717, 1.165) is 28.1 Å². The predicted octanol–water partition coefficient (Wildman–Crippen LogP) is 3.67. The monoisotopic (exact) mass is 493 g/mol. The summed E-state index contributed by atoms with van der Waals surface area (Å²) < 4.78 is 26.3. The fourth-order valence-corrected chi connectivity index (χ4v) is 4.50. The molecule has 0 aromatic heterocycles. The third-order valence-electron chi connectivity index (χ3n) is 5.30. The van der Waals surface area contributed by atoms with Crippen LogP contribution in [-0.4, -0.2) is 50.5 Å². The van der Waals surface area contributed by atoms with Crippen molar-refractivity contribution in [1.29, 1.82) is 0 Å². The summed E-state index contributed by atoms with van der Waals surface area (Å²) in [7, 11) is -3.78. The second-order valence-corrected chi connectivity index (χ2v) is 10.5. The van der Waals surface area contributed by atoms with Crippen LogP contribution in [0.1, 0.15) is 37.0 Å². The van der Waals surface area contributed by atoms with Gasteiger partial charge in [0.05, 0.1) is 11.9 Å². The number of anilines is 1. The van der Waals surface area contributed by atoms with E-state index in [0.29, 0.717) is 22.8 Å². The molecule has 1 N–H and O–H groups in total. The first-order valence-electron chi connectivity index (χ1n) is 10.8. The molecule has 0 fully saturated rings. The molecule has 0 aliphatic heterocycles. The van der Waals surface area contributed by atoms with E-state index < -0.39 is 28.5 Å². The van der Waals surface area contributed by atoms with E-state index in [1.54, 1.807) is 32.0 Å². The number of sulfonamides is 1. The maximum absolute atomic E-state index is 13.5. The Bertz CT molecular complexity index is 1090. The minimum Gasteiger partial charge on any atom is -0.354 e. The van der Waals surface area contributed by atoms with Crippen LogP contribution in [0.2, 0.25) is 5.02 Å². The van der Waals surface area contributed by atoms with E-state index in [-0.39, 0.29) is 12.5 Å². The summed E-state index contributed by atoms with van der Waals surface area (Å²) in [6.07, 6.45) is 1.82. The molecular formula is C24H32ClN3O4S. The van der Waals surface area contributed by atoms with Crippen LogP contribution in [-0.2, 0) is 26.2 Å². The molecule has 0 spiro atoms. The third kappa shape index (κ3) is 7.47. The number of carbonyl (C=O) groups excluding carboxylic acids is 2. The Labute approximate surface area is 201 Å². The first-order chi connectivity index (χ1) is 15.4. The maximum atomic E-state index is 13.5. The molecule has 33 heavy (non-hydrogen) atoms. The van der Waals surface area contributed by atoms with E-state index in [9.17, 15) is 18.0 Å². The largest absolute Gasteiger partial charge is 0.354 e. The lowest BCUT2D eigenvalue weighted by molar-refractivity contribution is -0.139. The summed E-state index contributed by atoms with van der Waals surface area (Å²) >= 11 is 6.02. The lowest BCUT2D eigenvalue weighted by Gasteiger charge is -2.32. The van der Waals surface area contributed by atoms with Crippen LogP contribution in [0.25, 0.3) is 0 Å². The number of hydrogen-bond donors (Lipinski definition) is 1. The topological polar surface area (TPSA) is 86.8 Å². The molecule has 1 atom stereocenters. The highest BCUT2D eigenvalue weighted by Gasteiger charge is 2.30. The lowest BCUT2D eigenvalue weighted by atomic mass is 10.1. The standard InChI is InChI=1S/C24H32ClN3O4S/c1-6-13-26-24(30)19(4)27(15-20-9-7-17(2)8-10-20)23(29)16-28(33(5,31)32)22-12-11-21(25)14-18(22)3/h7-12,14,19H,6,13,15-16H2,1-5H3,(H,26,30). The predicted molar refractivity (Wildman–Crippen MR) is 133 cm³/mol. The number of carbonyl (C=O) groups is 2. The molecule has 9 heteroatoms. The minimum absolute atomic E-state index is 0.178. The highest BCUT2D eigenvalue weighted by molar-refractivity contribution is 7.92. The zero-order valence-corrected chi connectivity index (χ0v) is 21.3. The summed E-state index contributed by atoms with van der Waals surface area (Å²) in [6, 6.07) is 11.7. The summed E-state index contributed by atoms with van der Waals surface area (Å²) in [5.74, 6) is -0.764. The second kappa shape index (κ2) is 11.5. The van der Waals surface area contributed by atoms with Crippen molar-refractivity contribution in [3.05, 3.63) is 64.2 Å². The fourth-order valence-electron chi connectivity index (χ4n) is 3.36. The molecule has 2 aromatic rings. The van der Waals surface area contributed by atoms with E-state index in [2.05, 4.69) is 5.32 Å². The number of benzene rings is 2. The van der Waals surface area contributed by atoms with Gasteiger partial charge in [0.1, 0.15) is 12.6 Å². The first kappa shape index (κ1) is 26.7. The van der Waals surface area contributed by atoms with E-state index in [4.69, 9.17) is 11.6 Å². The Morgan fingerprint density at radius 3 is 2.27 bits per heavy atom. The number of nitrogens with zero attached hydrogens (tertiary/aromatic N) is 2. The quantitative estimate of drug-likeness (QED) is 0.547. The summed E-state index contributed by atoms with van der Waals surface area (Å²) in [4.78, 5) is 27.6. The first-order valence-corrected chi connectivity index (χ1v) is 13.0. The van der Waals surface area contributed by atoms with Gasteiger partial charge in [0.2, 0.25) is 21.8 Å². The van der Waals surface area contributed by atoms with Crippen molar-refractivity contribution in [3.8, 4) is 0 Å². The highest BCUT2D eigenvalue weighted by Crippen LogP contribution is 2.26. The SMILES string of the molecule is CCCNC(=O)C(C)N(Cc1ccc(C)cc1)C(=O)CN(c1ccc(Cl)cc1C)S(C)(=O)=O. The molecule has 0 bridgehead atoms. The molecule has 180 valence electrons. The van der Waals surface area contributed by atoms with Gasteiger partial charge in [-0.25, -0.2) is 8.42 Å². The van der Waals surface area contributed by atoms with Crippen molar-refractivity contribution in [3.63, 3.8) is 0 Å². The van der Waals surface area contributed by atoms with Crippen molar-refractivity contribution in [2.24, 2.45) is 0 Å². The molecule has 2 rings (SSSR count). The highest BCUT2D eigenvalue weighted by atomic mass is 35.5. The van der Waals surface area contributed by atoms with Gasteiger partial charge >= 0.3 is 0 Å². The zero-order valence-electron chi connectivity index (χ0n) is 19.8. The van der Waals surface area contributed by atoms with Crippen LogP contribution in [0.5, 0.6) is 0 Å². The van der Waals surface area contributed by atoms with Crippen LogP contribution >= 0.6 is 11.6 Å². The molecule has 0 aliphatic rings. The van der Waals surface area contributed by atoms with Gasteiger partial charge in [-0.1, -0.05) is 48.4 Å². The van der Waals surface area contributed by atoms with Crippen molar-refractivity contribution in [2.45, 2.75) is 46.7 Å². The van der Waals surface area contributed by atoms with Gasteiger partial charge in [-0.2, -0.15) is 0 Å². The summed E-state index contributed by atoms with van der Waals surface area (Å²) in [6.45, 7) is 7.53. The van der Waals surface area contributed by atoms with Gasteiger partial charge in [0.15, 0.2) is 0 Å². The number of rotatable bonds is 10. The van der Waals surface area contributed by atoms with Crippen molar-refractivity contribution in [1.82, 2.24) is 10.2 Å². The molecule has 0 saturated carbocycles. The van der Waals surface area contributed by atoms with E-state index in [1.807, 2.05) is 38.1 Å². The second-order valence-electron chi connectivity index (χ2n) is 8.17. The van der Waals surface area contributed by atoms with E-state index >= 15 is 0 Å². The molecule has 2 aromatic carbocycles. The van der Waals surface area contributed by atoms with Gasteiger partial charge in [0, 0.05) is 18.1 Å². The molecule has 2 amide bonds. The normalized spacial score (nSPS) is 12.2. The van der Waals surface area contributed by atoms with Gasteiger partial charge in [0.25, 0.3) is 0 Å². The van der Waals surface area contributed by atoms with Crippen molar-refractivity contribution in [2.75, 3.05) is 23.7 Å². The average Bonchev–Trinajstić information content (AvgIpc) is 2.74. The number of halogens is 1. The Morgan fingerprint density at radius 1 is 1.09 bits per heavy atom. The average molecular weight is 494 g/mol. The lowest BCUT2D eigenvalue weighted by Crippen LogP contribution is -2.51. The van der Waals surface area contributed by atoms with Gasteiger partial charge in [-0.05, 0) is 56.5 Å². The van der Waals surface area contributed by atoms with Crippen LogP contribution in [0.3, 0.4) is 0 Å². The van der Waals surface area contributed by atoms with Crippen LogP contribution in [0, 0.1) is 13.8 Å². The Hall–Kier alpha value is -2.58. The molecular weight excluding hydrogens is 462 g/mol. The number of hydrogen-bond acceptors (Lipinski definition) is 4. The van der Waals surface area contributed by atoms with Crippen LogP contribution in [0.15, 0.2) is 42.5 Å². The van der Waals surface area contributed by atoms with Gasteiger partial charge in [-0.3, -0.25) is 13.9 Å². The molecule has 0 saturated heterocycles.